The van der Waals surface area contributed by atoms with Crippen LogP contribution in [0, 0.1) is 0 Å². The Hall–Kier alpha value is -1.08. The third-order valence-corrected chi connectivity index (χ3v) is 5.53. The number of nitrogens with zero attached hydrogens (tertiary/aromatic N) is 2. The van der Waals surface area contributed by atoms with Gasteiger partial charge in [0.1, 0.15) is 0 Å². The summed E-state index contributed by atoms with van der Waals surface area (Å²) in [6.45, 7) is 0. The largest absolute Gasteiger partial charge is 0.319 e. The van der Waals surface area contributed by atoms with Gasteiger partial charge in [0.15, 0.2) is 0 Å². The summed E-state index contributed by atoms with van der Waals surface area (Å²) < 4.78 is 1.68. The standard InChI is InChI=1S/C16H20N4OS.2ClH/c1-20-8-12(7-17-20)19-16(21)15-5-10(9-22-15)13-6-14(13)18-11-3-2-4-11;;/h5,7-9,11,13-14,18H,2-4,6H2,1H3,(H,19,21);2*1H. The fraction of sp³-hybridized carbons (Fsp3) is 0.500. The molecular formula is C16H22Cl2N4OS. The van der Waals surface area contributed by atoms with Gasteiger partial charge in [0.2, 0.25) is 0 Å². The van der Waals surface area contributed by atoms with Crippen LogP contribution in [0.1, 0.15) is 46.8 Å². The maximum Gasteiger partial charge on any atom is 0.265 e. The first-order valence-corrected chi connectivity index (χ1v) is 8.71. The zero-order chi connectivity index (χ0) is 15.1. The van der Waals surface area contributed by atoms with Gasteiger partial charge in [-0.15, -0.1) is 36.2 Å². The fourth-order valence-electron chi connectivity index (χ4n) is 2.97. The molecule has 2 aromatic rings. The first-order chi connectivity index (χ1) is 10.7. The van der Waals surface area contributed by atoms with Gasteiger partial charge in [-0.1, -0.05) is 6.42 Å². The third-order valence-electron chi connectivity index (χ3n) is 4.58. The van der Waals surface area contributed by atoms with Gasteiger partial charge in [-0.25, -0.2) is 0 Å². The number of carbonyl (C=O) groups excluding carboxylic acids is 1. The summed E-state index contributed by atoms with van der Waals surface area (Å²) >= 11 is 1.53. The van der Waals surface area contributed by atoms with Crippen LogP contribution >= 0.6 is 36.2 Å². The Bertz CT molecular complexity index is 698. The lowest BCUT2D eigenvalue weighted by Gasteiger charge is -2.26. The average molecular weight is 389 g/mol. The number of rotatable bonds is 5. The second kappa shape index (κ2) is 7.87. The molecule has 132 valence electrons. The predicted molar refractivity (Wildman–Crippen MR) is 102 cm³/mol. The molecule has 4 rings (SSSR count). The van der Waals surface area contributed by atoms with Crippen LogP contribution < -0.4 is 10.6 Å². The topological polar surface area (TPSA) is 59.0 Å². The summed E-state index contributed by atoms with van der Waals surface area (Å²) in [7, 11) is 1.83. The Morgan fingerprint density at radius 3 is 2.79 bits per heavy atom. The molecule has 0 spiro atoms. The molecule has 2 N–H and O–H groups in total. The Balaban J connectivity index is 0.00000104. The van der Waals surface area contributed by atoms with Gasteiger partial charge < -0.3 is 10.6 Å². The van der Waals surface area contributed by atoms with Gasteiger partial charge in [-0.3, -0.25) is 9.48 Å². The van der Waals surface area contributed by atoms with Crippen molar-refractivity contribution in [1.29, 1.82) is 0 Å². The second-order valence-corrected chi connectivity index (χ2v) is 7.26. The van der Waals surface area contributed by atoms with E-state index in [1.165, 1.54) is 42.6 Å². The van der Waals surface area contributed by atoms with Crippen LogP contribution in [0.25, 0.3) is 0 Å². The molecule has 0 radical (unpaired) electrons. The molecule has 2 fully saturated rings. The van der Waals surface area contributed by atoms with E-state index in [2.05, 4.69) is 21.1 Å². The van der Waals surface area contributed by atoms with Crippen LogP contribution in [0.2, 0.25) is 0 Å². The normalized spacial score (nSPS) is 22.0. The third kappa shape index (κ3) is 4.11. The van der Waals surface area contributed by atoms with Gasteiger partial charge in [0.25, 0.3) is 5.91 Å². The zero-order valence-electron chi connectivity index (χ0n) is 13.4. The van der Waals surface area contributed by atoms with Crippen molar-refractivity contribution < 1.29 is 4.79 Å². The van der Waals surface area contributed by atoms with Crippen LogP contribution in [-0.2, 0) is 7.05 Å². The van der Waals surface area contributed by atoms with E-state index >= 15 is 0 Å². The summed E-state index contributed by atoms with van der Waals surface area (Å²) in [4.78, 5) is 13.0. The molecule has 2 aliphatic carbocycles. The summed E-state index contributed by atoms with van der Waals surface area (Å²) in [6, 6.07) is 3.40. The lowest BCUT2D eigenvalue weighted by atomic mass is 9.93. The number of aromatic nitrogens is 2. The van der Waals surface area contributed by atoms with Crippen molar-refractivity contribution in [2.24, 2.45) is 7.05 Å². The maximum atomic E-state index is 12.2. The first kappa shape index (κ1) is 19.2. The van der Waals surface area contributed by atoms with Gasteiger partial charge in [-0.05, 0) is 36.3 Å². The minimum Gasteiger partial charge on any atom is -0.319 e. The zero-order valence-corrected chi connectivity index (χ0v) is 15.8. The van der Waals surface area contributed by atoms with Crippen molar-refractivity contribution in [3.05, 3.63) is 34.3 Å². The van der Waals surface area contributed by atoms with E-state index in [9.17, 15) is 4.79 Å². The second-order valence-electron chi connectivity index (χ2n) is 6.34. The number of carbonyl (C=O) groups is 1. The fourth-order valence-corrected chi connectivity index (χ4v) is 3.84. The van der Waals surface area contributed by atoms with E-state index < -0.39 is 0 Å². The van der Waals surface area contributed by atoms with Crippen molar-refractivity contribution in [2.75, 3.05) is 5.32 Å². The molecule has 1 amide bonds. The van der Waals surface area contributed by atoms with E-state index in [1.54, 1.807) is 17.1 Å². The molecule has 2 atom stereocenters. The molecule has 8 heteroatoms. The lowest BCUT2D eigenvalue weighted by Crippen LogP contribution is -2.37. The summed E-state index contributed by atoms with van der Waals surface area (Å²) in [6.07, 6.45) is 8.68. The summed E-state index contributed by atoms with van der Waals surface area (Å²) in [5.74, 6) is 0.546. The monoisotopic (exact) mass is 388 g/mol. The van der Waals surface area contributed by atoms with Gasteiger partial charge in [0, 0.05) is 31.2 Å². The van der Waals surface area contributed by atoms with Crippen LogP contribution in [0.5, 0.6) is 0 Å². The van der Waals surface area contributed by atoms with E-state index in [0.717, 1.165) is 16.6 Å². The molecule has 2 heterocycles. The Kier molecular flexibility index (Phi) is 6.31. The van der Waals surface area contributed by atoms with Gasteiger partial charge in [0.05, 0.1) is 16.8 Å². The number of nitrogens with one attached hydrogen (secondary N) is 2. The maximum absolute atomic E-state index is 12.2. The Morgan fingerprint density at radius 2 is 2.17 bits per heavy atom. The van der Waals surface area contributed by atoms with Crippen molar-refractivity contribution in [1.82, 2.24) is 15.1 Å². The van der Waals surface area contributed by atoms with Crippen molar-refractivity contribution in [2.45, 2.75) is 43.7 Å². The SMILES string of the molecule is Cl.Cl.Cn1cc(NC(=O)c2cc(C3CC3NC3CCC3)cs2)cn1. The van der Waals surface area contributed by atoms with E-state index in [-0.39, 0.29) is 30.7 Å². The van der Waals surface area contributed by atoms with E-state index in [0.29, 0.717) is 12.0 Å². The smallest absolute Gasteiger partial charge is 0.265 e. The highest BCUT2D eigenvalue weighted by atomic mass is 35.5. The molecule has 0 aromatic carbocycles. The highest BCUT2D eigenvalue weighted by molar-refractivity contribution is 7.12. The summed E-state index contributed by atoms with van der Waals surface area (Å²) in [5, 5.41) is 12.8. The van der Waals surface area contributed by atoms with Gasteiger partial charge >= 0.3 is 0 Å². The molecule has 2 saturated carbocycles. The number of hydrogen-bond donors (Lipinski definition) is 2. The van der Waals surface area contributed by atoms with Crippen LogP contribution in [0.3, 0.4) is 0 Å². The first-order valence-electron chi connectivity index (χ1n) is 7.83. The number of aryl methyl sites for hydroxylation is 1. The predicted octanol–water partition coefficient (Wildman–Crippen LogP) is 3.58. The van der Waals surface area contributed by atoms with Crippen LogP contribution in [0.4, 0.5) is 5.69 Å². The minimum atomic E-state index is -0.0478. The minimum absolute atomic E-state index is 0. The number of hydrogen-bond acceptors (Lipinski definition) is 4. The highest BCUT2D eigenvalue weighted by Gasteiger charge is 2.40. The number of thiophene rings is 1. The summed E-state index contributed by atoms with van der Waals surface area (Å²) in [5.41, 5.74) is 2.04. The molecule has 2 aromatic heterocycles. The van der Waals surface area contributed by atoms with Gasteiger partial charge in [-0.2, -0.15) is 5.10 Å². The molecule has 0 bridgehead atoms. The highest BCUT2D eigenvalue weighted by Crippen LogP contribution is 2.43. The Labute approximate surface area is 158 Å². The van der Waals surface area contributed by atoms with Crippen LogP contribution in [0.15, 0.2) is 23.8 Å². The molecule has 2 unspecified atom stereocenters. The average Bonchev–Trinajstić information content (AvgIpc) is 2.84. The van der Waals surface area contributed by atoms with Crippen molar-refractivity contribution in [3.63, 3.8) is 0 Å². The molecule has 5 nitrogen and oxygen atoms in total. The molecule has 0 saturated heterocycles. The number of amides is 1. The molecule has 0 aliphatic heterocycles. The van der Waals surface area contributed by atoms with Crippen molar-refractivity contribution >= 4 is 47.7 Å². The van der Waals surface area contributed by atoms with E-state index in [4.69, 9.17) is 0 Å². The molecular weight excluding hydrogens is 367 g/mol. The number of halogens is 2. The van der Waals surface area contributed by atoms with Crippen LogP contribution in [-0.4, -0.2) is 27.8 Å². The van der Waals surface area contributed by atoms with E-state index in [1.807, 2.05) is 13.1 Å². The quantitative estimate of drug-likeness (QED) is 0.822. The molecule has 24 heavy (non-hydrogen) atoms. The Morgan fingerprint density at radius 1 is 1.38 bits per heavy atom. The lowest BCUT2D eigenvalue weighted by molar-refractivity contribution is 0.103. The molecule has 2 aliphatic rings. The van der Waals surface area contributed by atoms with Crippen molar-refractivity contribution in [3.8, 4) is 0 Å². The number of anilines is 1.